The Morgan fingerprint density at radius 1 is 0.977 bits per heavy atom. The van der Waals surface area contributed by atoms with Gasteiger partial charge in [0.25, 0.3) is 0 Å². The van der Waals surface area contributed by atoms with Crippen molar-refractivity contribution in [1.82, 2.24) is 29.4 Å². The van der Waals surface area contributed by atoms with Gasteiger partial charge >= 0.3 is 0 Å². The maximum absolute atomic E-state index is 6.42. The molecule has 0 bridgehead atoms. The first-order valence-corrected chi connectivity index (χ1v) is 13.5. The molecular formula is C31H27N7O5. The van der Waals surface area contributed by atoms with Crippen molar-refractivity contribution in [1.29, 1.82) is 0 Å². The van der Waals surface area contributed by atoms with Crippen LogP contribution in [0.15, 0.2) is 82.8 Å². The summed E-state index contributed by atoms with van der Waals surface area (Å²) in [6.07, 6.45) is 3.22. The Labute approximate surface area is 246 Å². The van der Waals surface area contributed by atoms with Crippen LogP contribution in [0.4, 0.5) is 0 Å². The number of oxime groups is 1. The molecule has 7 rings (SSSR count). The Kier molecular flexibility index (Phi) is 6.50. The summed E-state index contributed by atoms with van der Waals surface area (Å²) in [6.45, 7) is 3.85. The second-order valence-corrected chi connectivity index (χ2v) is 9.88. The first-order valence-electron chi connectivity index (χ1n) is 13.5. The quantitative estimate of drug-likeness (QED) is 0.171. The Balaban J connectivity index is 1.23. The number of rotatable bonds is 8. The summed E-state index contributed by atoms with van der Waals surface area (Å²) in [5, 5.41) is 13.7. The van der Waals surface area contributed by atoms with Crippen molar-refractivity contribution in [3.8, 4) is 28.9 Å². The average molecular weight is 578 g/mol. The van der Waals surface area contributed by atoms with Crippen LogP contribution in [-0.4, -0.2) is 49.3 Å². The molecule has 216 valence electrons. The van der Waals surface area contributed by atoms with Crippen LogP contribution in [0.25, 0.3) is 11.3 Å². The molecule has 0 radical (unpaired) electrons. The maximum atomic E-state index is 6.42. The molecule has 1 atom stereocenters. The minimum absolute atomic E-state index is 0.0452. The fourth-order valence-electron chi connectivity index (χ4n) is 5.27. The fourth-order valence-corrected chi connectivity index (χ4v) is 5.27. The summed E-state index contributed by atoms with van der Waals surface area (Å²) < 4.78 is 26.5. The van der Waals surface area contributed by atoms with Gasteiger partial charge in [-0.05, 0) is 56.3 Å². The van der Waals surface area contributed by atoms with Gasteiger partial charge in [-0.2, -0.15) is 5.10 Å². The van der Waals surface area contributed by atoms with Crippen molar-refractivity contribution in [2.24, 2.45) is 5.16 Å². The minimum Gasteiger partial charge on any atom is -0.493 e. The summed E-state index contributed by atoms with van der Waals surface area (Å²) in [4.78, 5) is 15.1. The van der Waals surface area contributed by atoms with Gasteiger partial charge in [-0.25, -0.2) is 19.2 Å². The highest BCUT2D eigenvalue weighted by Crippen LogP contribution is 2.49. The van der Waals surface area contributed by atoms with E-state index >= 15 is 0 Å². The average Bonchev–Trinajstić information content (AvgIpc) is 3.79. The van der Waals surface area contributed by atoms with E-state index in [0.717, 1.165) is 28.1 Å². The van der Waals surface area contributed by atoms with E-state index in [2.05, 4.69) is 15.2 Å². The summed E-state index contributed by atoms with van der Waals surface area (Å²) >= 11 is 0. The molecule has 1 aliphatic heterocycles. The molecule has 12 heteroatoms. The fraction of sp³-hybridized carbons (Fsp3) is 0.194. The monoisotopic (exact) mass is 577 g/mol. The number of aryl methyl sites for hydroxylation is 1. The molecule has 0 fully saturated rings. The lowest BCUT2D eigenvalue weighted by molar-refractivity contribution is 0.125. The first kappa shape index (κ1) is 26.3. The van der Waals surface area contributed by atoms with Gasteiger partial charge in [-0.3, -0.25) is 0 Å². The van der Waals surface area contributed by atoms with Gasteiger partial charge in [0.05, 0.1) is 54.6 Å². The highest BCUT2D eigenvalue weighted by atomic mass is 16.6. The molecule has 1 unspecified atom stereocenters. The van der Waals surface area contributed by atoms with E-state index in [0.29, 0.717) is 46.2 Å². The van der Waals surface area contributed by atoms with Crippen molar-refractivity contribution >= 4 is 11.4 Å². The number of methoxy groups -OCH3 is 2. The molecule has 5 heterocycles. The molecule has 0 saturated heterocycles. The van der Waals surface area contributed by atoms with Gasteiger partial charge in [0.2, 0.25) is 11.8 Å². The zero-order chi connectivity index (χ0) is 29.5. The summed E-state index contributed by atoms with van der Waals surface area (Å²) in [6, 6.07) is 19.2. The summed E-state index contributed by atoms with van der Waals surface area (Å²) in [5.74, 6) is 3.00. The lowest BCUT2D eigenvalue weighted by atomic mass is 9.88. The van der Waals surface area contributed by atoms with E-state index in [1.807, 2.05) is 74.5 Å². The zero-order valence-corrected chi connectivity index (χ0v) is 23.9. The van der Waals surface area contributed by atoms with Crippen molar-refractivity contribution in [3.63, 3.8) is 0 Å². The molecule has 0 aliphatic carbocycles. The predicted molar refractivity (Wildman–Crippen MR) is 155 cm³/mol. The topological polar surface area (TPSA) is 123 Å². The van der Waals surface area contributed by atoms with Crippen molar-refractivity contribution < 1.29 is 23.5 Å². The Hall–Kier alpha value is -5.65. The molecule has 43 heavy (non-hydrogen) atoms. The van der Waals surface area contributed by atoms with E-state index in [1.165, 1.54) is 0 Å². The number of furan rings is 1. The number of ether oxygens (including phenoxy) is 3. The van der Waals surface area contributed by atoms with E-state index in [-0.39, 0.29) is 12.5 Å². The number of fused-ring (bicyclic) bond motifs is 4. The lowest BCUT2D eigenvalue weighted by Crippen LogP contribution is -2.15. The molecule has 0 N–H and O–H groups in total. The Morgan fingerprint density at radius 2 is 1.81 bits per heavy atom. The third-order valence-corrected chi connectivity index (χ3v) is 7.29. The molecular weight excluding hydrogens is 550 g/mol. The van der Waals surface area contributed by atoms with Crippen LogP contribution in [0.2, 0.25) is 0 Å². The Morgan fingerprint density at radius 3 is 2.58 bits per heavy atom. The number of aromatic nitrogens is 6. The van der Waals surface area contributed by atoms with Gasteiger partial charge in [0.1, 0.15) is 12.1 Å². The van der Waals surface area contributed by atoms with E-state index in [4.69, 9.17) is 33.5 Å². The van der Waals surface area contributed by atoms with Crippen LogP contribution in [0.3, 0.4) is 0 Å². The lowest BCUT2D eigenvalue weighted by Gasteiger charge is -2.24. The minimum atomic E-state index is -0.370. The second-order valence-electron chi connectivity index (χ2n) is 9.88. The molecule has 0 amide bonds. The predicted octanol–water partition coefficient (Wildman–Crippen LogP) is 5.46. The third kappa shape index (κ3) is 4.53. The van der Waals surface area contributed by atoms with Crippen molar-refractivity contribution in [3.05, 3.63) is 107 Å². The number of benzene rings is 2. The van der Waals surface area contributed by atoms with Crippen LogP contribution >= 0.6 is 0 Å². The highest BCUT2D eigenvalue weighted by Gasteiger charge is 2.39. The number of nitrogens with zero attached hydrogens (tertiary/aromatic N) is 7. The molecule has 1 aliphatic rings. The highest BCUT2D eigenvalue weighted by molar-refractivity contribution is 5.98. The van der Waals surface area contributed by atoms with E-state index < -0.39 is 0 Å². The maximum Gasteiger partial charge on any atom is 0.230 e. The van der Waals surface area contributed by atoms with Gasteiger partial charge < -0.3 is 23.5 Å². The van der Waals surface area contributed by atoms with Gasteiger partial charge in [-0.1, -0.05) is 23.4 Å². The molecule has 4 aromatic heterocycles. The van der Waals surface area contributed by atoms with Crippen molar-refractivity contribution in [2.45, 2.75) is 26.4 Å². The SMILES string of the molecule is COc1ccc(C(C)=NOCc2nc3c4c(ncn3n2)Oc2c(c(C)nn2-c2ccccc2)C4c2ccco2)cc1OC. The third-order valence-electron chi connectivity index (χ3n) is 7.29. The van der Waals surface area contributed by atoms with Gasteiger partial charge in [-0.15, -0.1) is 5.10 Å². The van der Waals surface area contributed by atoms with Gasteiger partial charge in [0, 0.05) is 5.56 Å². The van der Waals surface area contributed by atoms with Crippen LogP contribution in [-0.2, 0) is 11.4 Å². The summed E-state index contributed by atoms with van der Waals surface area (Å²) in [5.41, 5.74) is 5.34. The second kappa shape index (κ2) is 10.6. The van der Waals surface area contributed by atoms with Crippen LogP contribution < -0.4 is 14.2 Å². The van der Waals surface area contributed by atoms with E-state index in [9.17, 15) is 0 Å². The number of hydrogen-bond acceptors (Lipinski definition) is 10. The molecule has 6 aromatic rings. The van der Waals surface area contributed by atoms with Crippen LogP contribution in [0.5, 0.6) is 23.3 Å². The Bertz CT molecular complexity index is 1960. The number of hydrogen-bond donors (Lipinski definition) is 0. The smallest absolute Gasteiger partial charge is 0.230 e. The van der Waals surface area contributed by atoms with Gasteiger partial charge in [0.15, 0.2) is 29.6 Å². The van der Waals surface area contributed by atoms with Crippen LogP contribution in [0, 0.1) is 6.92 Å². The van der Waals surface area contributed by atoms with E-state index in [1.54, 1.807) is 36.0 Å². The molecule has 0 spiro atoms. The normalized spacial score (nSPS) is 14.2. The zero-order valence-electron chi connectivity index (χ0n) is 23.9. The van der Waals surface area contributed by atoms with Crippen molar-refractivity contribution in [2.75, 3.05) is 14.2 Å². The molecule has 12 nitrogen and oxygen atoms in total. The standard InChI is InChI=1S/C31H27N7O5/c1-18(20-12-13-22(39-3)24(15-20)40-4)36-42-16-25-33-29-28-27(23-11-8-14-41-23)26-19(2)34-38(21-9-6-5-7-10-21)31(26)43-30(28)32-17-37(29)35-25/h5-15,17,27H,16H2,1-4H3. The first-order chi connectivity index (χ1) is 21.1. The van der Waals surface area contributed by atoms with Crippen LogP contribution in [0.1, 0.15) is 46.8 Å². The molecule has 0 saturated carbocycles. The number of para-hydroxylation sites is 1. The largest absolute Gasteiger partial charge is 0.493 e. The molecule has 2 aromatic carbocycles. The summed E-state index contributed by atoms with van der Waals surface area (Å²) in [7, 11) is 3.18.